The molecule has 10 heteroatoms. The molecule has 0 amide bonds. The number of carboxylic acids is 1. The van der Waals surface area contributed by atoms with Gasteiger partial charge in [0.15, 0.2) is 0 Å². The number of sulfonamides is 1. The van der Waals surface area contributed by atoms with E-state index in [0.29, 0.717) is 9.87 Å². The number of aryl methyl sites for hydroxylation is 1. The zero-order chi connectivity index (χ0) is 16.0. The van der Waals surface area contributed by atoms with E-state index in [0.717, 1.165) is 11.3 Å². The molecular formula is C11H12F3NO4S2. The molecule has 1 aromatic rings. The lowest BCUT2D eigenvalue weighted by molar-refractivity contribution is -0.187. The summed E-state index contributed by atoms with van der Waals surface area (Å²) in [7, 11) is -4.10. The molecule has 2 atom stereocenters. The Morgan fingerprint density at radius 3 is 2.43 bits per heavy atom. The van der Waals surface area contributed by atoms with Gasteiger partial charge >= 0.3 is 12.1 Å². The van der Waals surface area contributed by atoms with Crippen LogP contribution in [-0.4, -0.2) is 43.1 Å². The van der Waals surface area contributed by atoms with Gasteiger partial charge in [0.1, 0.15) is 4.21 Å². The van der Waals surface area contributed by atoms with Crippen LogP contribution < -0.4 is 0 Å². The van der Waals surface area contributed by atoms with Crippen molar-refractivity contribution in [3.05, 3.63) is 17.0 Å². The molecule has 0 aromatic carbocycles. The van der Waals surface area contributed by atoms with Gasteiger partial charge in [-0.3, -0.25) is 4.79 Å². The molecule has 0 saturated carbocycles. The lowest BCUT2D eigenvalue weighted by atomic mass is 9.96. The Hall–Kier alpha value is -1.13. The van der Waals surface area contributed by atoms with Gasteiger partial charge in [-0.25, -0.2) is 8.42 Å². The largest absolute Gasteiger partial charge is 0.481 e. The van der Waals surface area contributed by atoms with Crippen molar-refractivity contribution in [2.45, 2.75) is 17.3 Å². The zero-order valence-electron chi connectivity index (χ0n) is 10.8. The number of nitrogens with zero attached hydrogens (tertiary/aromatic N) is 1. The number of hydrogen-bond acceptors (Lipinski definition) is 4. The number of alkyl halides is 3. The van der Waals surface area contributed by atoms with Gasteiger partial charge in [-0.15, -0.1) is 11.3 Å². The summed E-state index contributed by atoms with van der Waals surface area (Å²) in [4.78, 5) is 11.0. The Morgan fingerprint density at radius 2 is 2.05 bits per heavy atom. The van der Waals surface area contributed by atoms with Crippen LogP contribution in [0.2, 0.25) is 0 Å². The van der Waals surface area contributed by atoms with Crippen LogP contribution in [0.1, 0.15) is 5.56 Å². The van der Waals surface area contributed by atoms with E-state index in [1.165, 1.54) is 12.3 Å². The van der Waals surface area contributed by atoms with Crippen LogP contribution in [0.4, 0.5) is 13.2 Å². The molecular weight excluding hydrogens is 331 g/mol. The number of halogens is 3. The van der Waals surface area contributed by atoms with Crippen LogP contribution >= 0.6 is 11.3 Å². The van der Waals surface area contributed by atoms with Crippen LogP contribution in [-0.2, 0) is 14.8 Å². The van der Waals surface area contributed by atoms with Gasteiger partial charge < -0.3 is 5.11 Å². The predicted octanol–water partition coefficient (Wildman–Crippen LogP) is 1.94. The number of thiophene rings is 1. The lowest BCUT2D eigenvalue weighted by Gasteiger charge is -2.18. The second-order valence-electron chi connectivity index (χ2n) is 4.81. The van der Waals surface area contributed by atoms with E-state index in [-0.39, 0.29) is 4.21 Å². The maximum absolute atomic E-state index is 12.9. The van der Waals surface area contributed by atoms with E-state index in [2.05, 4.69) is 0 Å². The first-order valence-electron chi connectivity index (χ1n) is 5.89. The molecule has 2 heterocycles. The summed E-state index contributed by atoms with van der Waals surface area (Å²) >= 11 is 0.903. The van der Waals surface area contributed by atoms with Gasteiger partial charge in [0.2, 0.25) is 0 Å². The Morgan fingerprint density at radius 1 is 1.43 bits per heavy atom. The first-order chi connectivity index (χ1) is 9.55. The van der Waals surface area contributed by atoms with Gasteiger partial charge in [-0.2, -0.15) is 17.5 Å². The van der Waals surface area contributed by atoms with E-state index < -0.39 is 47.1 Å². The minimum Gasteiger partial charge on any atom is -0.481 e. The van der Waals surface area contributed by atoms with Crippen molar-refractivity contribution in [2.24, 2.45) is 11.8 Å². The summed E-state index contributed by atoms with van der Waals surface area (Å²) < 4.78 is 63.8. The Labute approximate surface area is 123 Å². The monoisotopic (exact) mass is 343 g/mol. The summed E-state index contributed by atoms with van der Waals surface area (Å²) in [5.74, 6) is -5.61. The molecule has 1 aliphatic heterocycles. The van der Waals surface area contributed by atoms with Crippen LogP contribution in [0.15, 0.2) is 15.7 Å². The molecule has 0 radical (unpaired) electrons. The fourth-order valence-electron chi connectivity index (χ4n) is 2.29. The molecule has 1 N–H and O–H groups in total. The molecule has 0 aliphatic carbocycles. The topological polar surface area (TPSA) is 74.7 Å². The molecule has 1 fully saturated rings. The molecule has 0 spiro atoms. The molecule has 0 unspecified atom stereocenters. The third-order valence-corrected chi connectivity index (χ3v) is 6.91. The van der Waals surface area contributed by atoms with Gasteiger partial charge in [-0.05, 0) is 23.9 Å². The first kappa shape index (κ1) is 16.2. The fraction of sp³-hybridized carbons (Fsp3) is 0.545. The van der Waals surface area contributed by atoms with E-state index in [4.69, 9.17) is 5.11 Å². The number of rotatable bonds is 3. The van der Waals surface area contributed by atoms with Crippen molar-refractivity contribution in [1.82, 2.24) is 4.31 Å². The van der Waals surface area contributed by atoms with Crippen molar-refractivity contribution in [2.75, 3.05) is 13.1 Å². The maximum atomic E-state index is 12.9. The van der Waals surface area contributed by atoms with Crippen LogP contribution in [0.3, 0.4) is 0 Å². The third kappa shape index (κ3) is 2.92. The van der Waals surface area contributed by atoms with Gasteiger partial charge in [0.05, 0.1) is 11.8 Å². The summed E-state index contributed by atoms with van der Waals surface area (Å²) in [5, 5.41) is 10.4. The summed E-state index contributed by atoms with van der Waals surface area (Å²) in [5.41, 5.74) is 0.433. The number of carboxylic acid groups (broad SMARTS) is 1. The molecule has 0 bridgehead atoms. The lowest BCUT2D eigenvalue weighted by Crippen LogP contribution is -2.34. The Kier molecular flexibility index (Phi) is 4.06. The van der Waals surface area contributed by atoms with E-state index in [1.807, 2.05) is 0 Å². The van der Waals surface area contributed by atoms with E-state index >= 15 is 0 Å². The van der Waals surface area contributed by atoms with Crippen molar-refractivity contribution in [1.29, 1.82) is 0 Å². The average molecular weight is 343 g/mol. The van der Waals surface area contributed by atoms with E-state index in [9.17, 15) is 26.4 Å². The van der Waals surface area contributed by atoms with Gasteiger partial charge in [-0.1, -0.05) is 0 Å². The fourth-order valence-corrected chi connectivity index (χ4v) is 5.33. The van der Waals surface area contributed by atoms with Gasteiger partial charge in [0, 0.05) is 13.1 Å². The molecule has 5 nitrogen and oxygen atoms in total. The first-order valence-corrected chi connectivity index (χ1v) is 8.21. The molecule has 21 heavy (non-hydrogen) atoms. The SMILES string of the molecule is Cc1ccsc1S(=O)(=O)N1C[C@@H](C(F)(F)F)[C@H](C(=O)O)C1. The smallest absolute Gasteiger partial charge is 0.393 e. The van der Waals surface area contributed by atoms with Crippen molar-refractivity contribution in [3.8, 4) is 0 Å². The summed E-state index contributed by atoms with van der Waals surface area (Å²) in [6, 6.07) is 1.55. The third-order valence-electron chi connectivity index (χ3n) is 3.41. The quantitative estimate of drug-likeness (QED) is 0.910. The highest BCUT2D eigenvalue weighted by molar-refractivity contribution is 7.91. The second kappa shape index (κ2) is 5.25. The summed E-state index contributed by atoms with van der Waals surface area (Å²) in [6.45, 7) is 0.00863. The number of aliphatic carboxylic acids is 1. The van der Waals surface area contributed by atoms with Crippen molar-refractivity contribution in [3.63, 3.8) is 0 Å². The van der Waals surface area contributed by atoms with Gasteiger partial charge in [0.25, 0.3) is 10.0 Å². The molecule has 1 saturated heterocycles. The highest BCUT2D eigenvalue weighted by Gasteiger charge is 2.55. The highest BCUT2D eigenvalue weighted by Crippen LogP contribution is 2.40. The zero-order valence-corrected chi connectivity index (χ0v) is 12.4. The van der Waals surface area contributed by atoms with Crippen LogP contribution in [0.5, 0.6) is 0 Å². The predicted molar refractivity (Wildman–Crippen MR) is 68.5 cm³/mol. The average Bonchev–Trinajstić information content (AvgIpc) is 2.93. The van der Waals surface area contributed by atoms with E-state index in [1.54, 1.807) is 6.07 Å². The standard InChI is InChI=1S/C11H12F3NO4S2/c1-6-2-3-20-10(6)21(18,19)15-4-7(9(16)17)8(5-15)11(12,13)14/h2-3,7-8H,4-5H2,1H3,(H,16,17)/t7-,8-/m1/s1. The number of hydrogen-bond donors (Lipinski definition) is 1. The Balaban J connectivity index is 2.36. The molecule has 1 aromatic heterocycles. The molecule has 118 valence electrons. The second-order valence-corrected chi connectivity index (χ2v) is 7.86. The maximum Gasteiger partial charge on any atom is 0.393 e. The van der Waals surface area contributed by atoms with Crippen molar-refractivity contribution >= 4 is 27.3 Å². The van der Waals surface area contributed by atoms with Crippen LogP contribution in [0, 0.1) is 18.8 Å². The molecule has 1 aliphatic rings. The molecule has 2 rings (SSSR count). The Bertz CT molecular complexity index is 653. The summed E-state index contributed by atoms with van der Waals surface area (Å²) in [6.07, 6.45) is -4.75. The van der Waals surface area contributed by atoms with Crippen LogP contribution in [0.25, 0.3) is 0 Å². The normalized spacial score (nSPS) is 24.4. The highest BCUT2D eigenvalue weighted by atomic mass is 32.2. The minimum absolute atomic E-state index is 0.0468. The van der Waals surface area contributed by atoms with Crippen molar-refractivity contribution < 1.29 is 31.5 Å². The minimum atomic E-state index is -4.75. The number of carbonyl (C=O) groups is 1.